The van der Waals surface area contributed by atoms with Crippen LogP contribution in [0.5, 0.6) is 0 Å². The Kier molecular flexibility index (Phi) is 4.53. The molecule has 164 valence electrons. The molecule has 0 aliphatic carbocycles. The molecule has 1 unspecified atom stereocenters. The molecule has 4 aromatic heterocycles. The first kappa shape index (κ1) is 19.2. The van der Waals surface area contributed by atoms with Crippen molar-refractivity contribution in [1.82, 2.24) is 40.0 Å². The molecule has 2 aliphatic rings. The van der Waals surface area contributed by atoms with Crippen LogP contribution in [0.25, 0.3) is 22.3 Å². The first-order valence-electron chi connectivity index (χ1n) is 11.1. The van der Waals surface area contributed by atoms with Crippen molar-refractivity contribution >= 4 is 22.8 Å². The van der Waals surface area contributed by atoms with E-state index in [-0.39, 0.29) is 0 Å². The smallest absolute Gasteiger partial charge is 0.226 e. The number of aryl methyl sites for hydroxylation is 1. The number of H-pyrrole nitrogens is 1. The summed E-state index contributed by atoms with van der Waals surface area (Å²) in [6.07, 6.45) is 6.51. The second kappa shape index (κ2) is 7.56. The molecular weight excluding hydrogens is 404 g/mol. The normalized spacial score (nSPS) is 18.9. The van der Waals surface area contributed by atoms with Crippen LogP contribution in [0.3, 0.4) is 0 Å². The molecule has 0 amide bonds. The minimum absolute atomic E-state index is 0.465. The maximum Gasteiger partial charge on any atom is 0.226 e. The van der Waals surface area contributed by atoms with Crippen LogP contribution < -0.4 is 15.1 Å². The average molecular weight is 431 g/mol. The molecule has 32 heavy (non-hydrogen) atoms. The molecular formula is C22H26N10. The summed E-state index contributed by atoms with van der Waals surface area (Å²) in [6, 6.07) is 4.61. The van der Waals surface area contributed by atoms with Gasteiger partial charge in [-0.15, -0.1) is 0 Å². The maximum absolute atomic E-state index is 4.88. The van der Waals surface area contributed by atoms with E-state index >= 15 is 0 Å². The van der Waals surface area contributed by atoms with Crippen molar-refractivity contribution in [1.29, 1.82) is 0 Å². The van der Waals surface area contributed by atoms with Crippen LogP contribution in [0.15, 0.2) is 30.9 Å². The van der Waals surface area contributed by atoms with Crippen LogP contribution in [0.1, 0.15) is 18.3 Å². The molecule has 0 radical (unpaired) electrons. The number of hydrogen-bond donors (Lipinski definition) is 2. The van der Waals surface area contributed by atoms with Gasteiger partial charge in [-0.3, -0.25) is 5.10 Å². The van der Waals surface area contributed by atoms with Crippen LogP contribution in [0, 0.1) is 0 Å². The summed E-state index contributed by atoms with van der Waals surface area (Å²) in [7, 11) is 2.05. The molecule has 2 aliphatic heterocycles. The quantitative estimate of drug-likeness (QED) is 0.504. The molecule has 0 saturated carbocycles. The largest absolute Gasteiger partial charge is 0.354 e. The zero-order valence-electron chi connectivity index (χ0n) is 18.3. The standard InChI is InChI=1S/C22H26N10/c1-14-11-31(8-6-23-14)19-4-3-15(9-24-19)20-21-16(28-29-20)10-25-22(27-21)32-7-5-18-17(12-32)26-13-30(18)2/h3-4,9-10,13-14,23H,5-8,11-12H2,1-2H3,(H,28,29). The van der Waals surface area contributed by atoms with Gasteiger partial charge in [-0.2, -0.15) is 5.10 Å². The third kappa shape index (κ3) is 3.27. The second-order valence-corrected chi connectivity index (χ2v) is 8.63. The highest BCUT2D eigenvalue weighted by Gasteiger charge is 2.23. The fourth-order valence-electron chi connectivity index (χ4n) is 4.64. The number of nitrogens with zero attached hydrogens (tertiary/aromatic N) is 8. The van der Waals surface area contributed by atoms with Crippen molar-refractivity contribution in [2.24, 2.45) is 7.05 Å². The molecule has 10 nitrogen and oxygen atoms in total. The van der Waals surface area contributed by atoms with E-state index in [4.69, 9.17) is 9.97 Å². The Morgan fingerprint density at radius 1 is 1.06 bits per heavy atom. The van der Waals surface area contributed by atoms with Crippen LogP contribution >= 0.6 is 0 Å². The highest BCUT2D eigenvalue weighted by Crippen LogP contribution is 2.28. The Balaban J connectivity index is 1.29. The van der Waals surface area contributed by atoms with E-state index in [0.29, 0.717) is 18.5 Å². The first-order valence-corrected chi connectivity index (χ1v) is 11.1. The second-order valence-electron chi connectivity index (χ2n) is 8.63. The van der Waals surface area contributed by atoms with E-state index in [1.165, 1.54) is 5.69 Å². The summed E-state index contributed by atoms with van der Waals surface area (Å²) in [5.41, 5.74) is 5.75. The van der Waals surface area contributed by atoms with E-state index in [1.807, 2.05) is 25.8 Å². The van der Waals surface area contributed by atoms with Crippen molar-refractivity contribution in [2.75, 3.05) is 36.0 Å². The fraction of sp³-hybridized carbons (Fsp3) is 0.409. The summed E-state index contributed by atoms with van der Waals surface area (Å²) in [5, 5.41) is 11.1. The molecule has 1 atom stereocenters. The zero-order valence-corrected chi connectivity index (χ0v) is 18.3. The van der Waals surface area contributed by atoms with Gasteiger partial charge in [-0.25, -0.2) is 19.9 Å². The van der Waals surface area contributed by atoms with Crippen LogP contribution in [0.4, 0.5) is 11.8 Å². The van der Waals surface area contributed by atoms with Gasteiger partial charge in [0.25, 0.3) is 0 Å². The number of aromatic nitrogens is 7. The molecule has 0 bridgehead atoms. The van der Waals surface area contributed by atoms with E-state index in [0.717, 1.165) is 66.4 Å². The molecule has 6 heterocycles. The third-order valence-electron chi connectivity index (χ3n) is 6.39. The van der Waals surface area contributed by atoms with Crippen LogP contribution in [-0.2, 0) is 20.0 Å². The molecule has 10 heteroatoms. The summed E-state index contributed by atoms with van der Waals surface area (Å²) in [5.74, 6) is 1.70. The number of aromatic amines is 1. The molecule has 0 aromatic carbocycles. The number of anilines is 2. The zero-order chi connectivity index (χ0) is 21.7. The Morgan fingerprint density at radius 3 is 2.84 bits per heavy atom. The Bertz CT molecular complexity index is 1260. The minimum atomic E-state index is 0.465. The van der Waals surface area contributed by atoms with Gasteiger partial charge in [-0.05, 0) is 19.1 Å². The van der Waals surface area contributed by atoms with Crippen molar-refractivity contribution in [3.05, 3.63) is 42.2 Å². The minimum Gasteiger partial charge on any atom is -0.354 e. The van der Waals surface area contributed by atoms with Gasteiger partial charge in [0.05, 0.1) is 24.8 Å². The van der Waals surface area contributed by atoms with Crippen LogP contribution in [-0.4, -0.2) is 66.9 Å². The van der Waals surface area contributed by atoms with E-state index in [2.05, 4.69) is 58.9 Å². The number of imidazole rings is 1. The summed E-state index contributed by atoms with van der Waals surface area (Å²) >= 11 is 0. The van der Waals surface area contributed by atoms with Crippen molar-refractivity contribution in [3.8, 4) is 11.3 Å². The number of nitrogens with one attached hydrogen (secondary N) is 2. The lowest BCUT2D eigenvalue weighted by Gasteiger charge is -2.32. The summed E-state index contributed by atoms with van der Waals surface area (Å²) in [6.45, 7) is 6.68. The molecule has 0 spiro atoms. The van der Waals surface area contributed by atoms with Gasteiger partial charge < -0.3 is 19.7 Å². The van der Waals surface area contributed by atoms with Crippen molar-refractivity contribution < 1.29 is 0 Å². The molecule has 1 saturated heterocycles. The van der Waals surface area contributed by atoms with E-state index in [9.17, 15) is 0 Å². The average Bonchev–Trinajstić information content (AvgIpc) is 3.42. The van der Waals surface area contributed by atoms with Gasteiger partial charge >= 0.3 is 0 Å². The number of piperazine rings is 1. The number of hydrogen-bond acceptors (Lipinski definition) is 8. The van der Waals surface area contributed by atoms with Gasteiger partial charge in [0, 0.05) is 63.1 Å². The SMILES string of the molecule is CC1CN(c2ccc(-c3n[nH]c4cnc(N5CCc6c(ncn6C)C5)nc34)cn2)CCN1. The highest BCUT2D eigenvalue weighted by molar-refractivity contribution is 5.89. The van der Waals surface area contributed by atoms with Crippen molar-refractivity contribution in [3.63, 3.8) is 0 Å². The molecule has 6 rings (SSSR count). The Hall–Kier alpha value is -3.53. The third-order valence-corrected chi connectivity index (χ3v) is 6.39. The lowest BCUT2D eigenvalue weighted by atomic mass is 10.1. The van der Waals surface area contributed by atoms with E-state index in [1.54, 1.807) is 0 Å². The molecule has 2 N–H and O–H groups in total. The highest BCUT2D eigenvalue weighted by atomic mass is 15.3. The van der Waals surface area contributed by atoms with Gasteiger partial charge in [0.1, 0.15) is 22.5 Å². The van der Waals surface area contributed by atoms with E-state index < -0.39 is 0 Å². The number of rotatable bonds is 3. The lowest BCUT2D eigenvalue weighted by molar-refractivity contribution is 0.482. The molecule has 4 aromatic rings. The van der Waals surface area contributed by atoms with Crippen molar-refractivity contribution in [2.45, 2.75) is 25.9 Å². The van der Waals surface area contributed by atoms with Crippen LogP contribution in [0.2, 0.25) is 0 Å². The maximum atomic E-state index is 4.88. The van der Waals surface area contributed by atoms with Gasteiger partial charge in [0.2, 0.25) is 5.95 Å². The fourth-order valence-corrected chi connectivity index (χ4v) is 4.64. The first-order chi connectivity index (χ1) is 15.7. The predicted molar refractivity (Wildman–Crippen MR) is 123 cm³/mol. The number of pyridine rings is 1. The predicted octanol–water partition coefficient (Wildman–Crippen LogP) is 1.51. The topological polar surface area (TPSA) is 104 Å². The van der Waals surface area contributed by atoms with Gasteiger partial charge in [0.15, 0.2) is 0 Å². The monoisotopic (exact) mass is 430 g/mol. The summed E-state index contributed by atoms with van der Waals surface area (Å²) < 4.78 is 2.10. The molecule has 1 fully saturated rings. The Labute approximate surface area is 185 Å². The lowest BCUT2D eigenvalue weighted by Crippen LogP contribution is -2.49. The van der Waals surface area contributed by atoms with Gasteiger partial charge in [-0.1, -0.05) is 0 Å². The Morgan fingerprint density at radius 2 is 2.00 bits per heavy atom. The summed E-state index contributed by atoms with van der Waals surface area (Å²) in [4.78, 5) is 23.2. The number of fused-ring (bicyclic) bond motifs is 2.